The number of nitrogens with zero attached hydrogens (tertiary/aromatic N) is 4. The van der Waals surface area contributed by atoms with Crippen LogP contribution in [0, 0.1) is 12.3 Å². The number of fused-ring (bicyclic) bond motifs is 4. The van der Waals surface area contributed by atoms with Gasteiger partial charge >= 0.3 is 11.4 Å². The van der Waals surface area contributed by atoms with Crippen molar-refractivity contribution >= 4 is 60.5 Å². The number of rotatable bonds is 11. The van der Waals surface area contributed by atoms with E-state index in [0.29, 0.717) is 6.54 Å². The molecule has 0 bridgehead atoms. The number of nitrogens with one attached hydrogen (secondary N) is 5. The Kier molecular flexibility index (Phi) is 10.4. The summed E-state index contributed by atoms with van der Waals surface area (Å²) in [7, 11) is 0. The summed E-state index contributed by atoms with van der Waals surface area (Å²) < 4.78 is 7.95. The fraction of sp³-hybridized carbons (Fsp3) is 0.152. The molecule has 0 aliphatic rings. The molecule has 0 atom stereocenters. The molecule has 4 aromatic carbocycles. The van der Waals surface area contributed by atoms with Gasteiger partial charge in [0.05, 0.1) is 22.8 Å². The standard InChI is InChI=1S/C23H22N6OS.C23H23N5O/c24-22(25)31-11-5-10-28-14-17(15-6-2-4-9-19(15)28)21-13-27-23(30)29(21)20-12-26-18-8-3-1-7-16(18)20;1-15-22(18-14-27(12-6-11-24)20-10-5-3-7-16(18)20)28(23(29)26-15)21-13-25-19-9-4-2-8-17(19)21/h1-4,6-9,12-14,26H,5,10-11H2,(H3,24,25)(H,27,30);2-5,7-10,13-14,25H,6,11-12,24H2,1H3,(H,26,29). The van der Waals surface area contributed by atoms with Crippen molar-refractivity contribution in [1.82, 2.24) is 38.2 Å². The zero-order valence-corrected chi connectivity index (χ0v) is 33.9. The van der Waals surface area contributed by atoms with E-state index < -0.39 is 0 Å². The van der Waals surface area contributed by atoms with Crippen molar-refractivity contribution in [3.05, 3.63) is 155 Å². The summed E-state index contributed by atoms with van der Waals surface area (Å²) in [5.41, 5.74) is 21.4. The number of hydrogen-bond donors (Lipinski definition) is 7. The first-order valence-electron chi connectivity index (χ1n) is 19.9. The maximum Gasteiger partial charge on any atom is 0.330 e. The monoisotopic (exact) mass is 815 g/mol. The van der Waals surface area contributed by atoms with E-state index in [0.717, 1.165) is 115 Å². The molecule has 0 aliphatic heterocycles. The molecule has 10 aromatic rings. The minimum atomic E-state index is -0.172. The van der Waals surface area contributed by atoms with Crippen LogP contribution in [0.15, 0.2) is 138 Å². The molecule has 60 heavy (non-hydrogen) atoms. The Morgan fingerprint density at radius 1 is 0.650 bits per heavy atom. The lowest BCUT2D eigenvalue weighted by molar-refractivity contribution is 0.671. The Labute approximate surface area is 348 Å². The summed E-state index contributed by atoms with van der Waals surface area (Å²) in [6.45, 7) is 4.25. The molecule has 0 spiro atoms. The number of para-hydroxylation sites is 4. The molecule has 0 radical (unpaired) electrons. The number of benzene rings is 4. The Bertz CT molecular complexity index is 3270. The molecule has 6 heterocycles. The van der Waals surface area contributed by atoms with E-state index in [1.165, 1.54) is 11.8 Å². The summed E-state index contributed by atoms with van der Waals surface area (Å²) in [6, 6.07) is 32.5. The fourth-order valence-corrected chi connectivity index (χ4v) is 8.81. The maximum atomic E-state index is 13.0. The van der Waals surface area contributed by atoms with E-state index in [4.69, 9.17) is 16.9 Å². The first-order chi connectivity index (χ1) is 29.3. The third-order valence-corrected chi connectivity index (χ3v) is 11.8. The van der Waals surface area contributed by atoms with E-state index in [1.54, 1.807) is 15.3 Å². The molecule has 0 amide bonds. The second kappa shape index (κ2) is 16.2. The normalized spacial score (nSPS) is 11.6. The van der Waals surface area contributed by atoms with Crippen LogP contribution in [0.3, 0.4) is 0 Å². The van der Waals surface area contributed by atoms with Gasteiger partial charge in [0.2, 0.25) is 0 Å². The minimum absolute atomic E-state index is 0.138. The average molecular weight is 816 g/mol. The molecule has 13 nitrogen and oxygen atoms in total. The third-order valence-electron chi connectivity index (χ3n) is 11.0. The third kappa shape index (κ3) is 6.95. The van der Waals surface area contributed by atoms with Gasteiger partial charge < -0.3 is 40.5 Å². The largest absolute Gasteiger partial charge is 0.379 e. The van der Waals surface area contributed by atoms with Crippen LogP contribution in [0.25, 0.3) is 77.5 Å². The summed E-state index contributed by atoms with van der Waals surface area (Å²) in [5, 5.41) is 11.7. The summed E-state index contributed by atoms with van der Waals surface area (Å²) in [4.78, 5) is 38.2. The maximum absolute atomic E-state index is 13.0. The smallest absolute Gasteiger partial charge is 0.330 e. The highest BCUT2D eigenvalue weighted by molar-refractivity contribution is 8.13. The summed E-state index contributed by atoms with van der Waals surface area (Å²) >= 11 is 1.36. The van der Waals surface area contributed by atoms with Crippen molar-refractivity contribution in [2.45, 2.75) is 32.9 Å². The van der Waals surface area contributed by atoms with Crippen LogP contribution in [-0.2, 0) is 13.1 Å². The van der Waals surface area contributed by atoms with E-state index in [2.05, 4.69) is 65.7 Å². The molecule has 6 aromatic heterocycles. The van der Waals surface area contributed by atoms with Crippen molar-refractivity contribution in [2.24, 2.45) is 11.5 Å². The number of aromatic nitrogens is 8. The van der Waals surface area contributed by atoms with Crippen LogP contribution in [-0.4, -0.2) is 55.7 Å². The Morgan fingerprint density at radius 3 is 1.80 bits per heavy atom. The van der Waals surface area contributed by atoms with Crippen LogP contribution < -0.4 is 22.8 Å². The van der Waals surface area contributed by atoms with Gasteiger partial charge in [-0.15, -0.1) is 0 Å². The van der Waals surface area contributed by atoms with Gasteiger partial charge in [0.15, 0.2) is 5.17 Å². The lowest BCUT2D eigenvalue weighted by atomic mass is 10.1. The van der Waals surface area contributed by atoms with Gasteiger partial charge in [-0.1, -0.05) is 84.6 Å². The van der Waals surface area contributed by atoms with Crippen molar-refractivity contribution < 1.29 is 0 Å². The van der Waals surface area contributed by atoms with E-state index in [-0.39, 0.29) is 16.5 Å². The van der Waals surface area contributed by atoms with Crippen molar-refractivity contribution in [3.63, 3.8) is 0 Å². The number of nitrogens with two attached hydrogens (primary N) is 2. The molecule has 0 saturated heterocycles. The predicted octanol–water partition coefficient (Wildman–Crippen LogP) is 8.21. The second-order valence-corrected chi connectivity index (χ2v) is 15.8. The summed E-state index contributed by atoms with van der Waals surface area (Å²) in [6.07, 6.45) is 11.6. The number of imidazole rings is 2. The van der Waals surface area contributed by atoms with Gasteiger partial charge in [0.1, 0.15) is 0 Å². The number of hydrogen-bond acceptors (Lipinski definition) is 5. The molecule has 0 saturated carbocycles. The second-order valence-electron chi connectivity index (χ2n) is 14.7. The van der Waals surface area contributed by atoms with Crippen LogP contribution in [0.1, 0.15) is 18.5 Å². The molecule has 10 rings (SSSR count). The molecule has 0 fully saturated rings. The first kappa shape index (κ1) is 38.4. The van der Waals surface area contributed by atoms with Gasteiger partial charge in [-0.3, -0.25) is 14.5 Å². The van der Waals surface area contributed by atoms with E-state index in [1.807, 2.05) is 92.1 Å². The Morgan fingerprint density at radius 2 is 1.18 bits per heavy atom. The van der Waals surface area contributed by atoms with E-state index >= 15 is 0 Å². The molecule has 302 valence electrons. The molecule has 14 heteroatoms. The SMILES string of the molecule is Cc1[nH]c(=O)n(-c2c[nH]c3ccccc23)c1-c1cn(CCCN)c2ccccc12.N=C(N)SCCCn1cc(-c2c[nH]c(=O)n2-c2c[nH]c3ccccc23)c2ccccc21. The molecule has 0 unspecified atom stereocenters. The average Bonchev–Trinajstić information content (AvgIpc) is 4.12. The van der Waals surface area contributed by atoms with Crippen LogP contribution >= 0.6 is 11.8 Å². The zero-order chi connectivity index (χ0) is 41.3. The van der Waals surface area contributed by atoms with Gasteiger partial charge in [0.25, 0.3) is 0 Å². The van der Waals surface area contributed by atoms with Crippen LogP contribution in [0.5, 0.6) is 0 Å². The topological polar surface area (TPSA) is 193 Å². The van der Waals surface area contributed by atoms with Crippen molar-refractivity contribution in [1.29, 1.82) is 5.41 Å². The van der Waals surface area contributed by atoms with Gasteiger partial charge in [-0.2, -0.15) is 0 Å². The van der Waals surface area contributed by atoms with Gasteiger partial charge in [0, 0.05) is 110 Å². The summed E-state index contributed by atoms with van der Waals surface area (Å²) in [5.74, 6) is 0.793. The molecule has 0 aliphatic carbocycles. The van der Waals surface area contributed by atoms with Gasteiger partial charge in [-0.25, -0.2) is 9.59 Å². The number of amidine groups is 1. The highest BCUT2D eigenvalue weighted by Crippen LogP contribution is 2.36. The Hall–Kier alpha value is -7.16. The lowest BCUT2D eigenvalue weighted by Crippen LogP contribution is -2.15. The van der Waals surface area contributed by atoms with Crippen LogP contribution in [0.4, 0.5) is 0 Å². The molecular formula is C46H45N11O2S. The molecule has 9 N–H and O–H groups in total. The van der Waals surface area contributed by atoms with Crippen molar-refractivity contribution in [3.8, 4) is 33.9 Å². The quantitative estimate of drug-likeness (QED) is 0.0392. The number of H-pyrrole nitrogens is 4. The van der Waals surface area contributed by atoms with Crippen LogP contribution in [0.2, 0.25) is 0 Å². The molecular weight excluding hydrogens is 771 g/mol. The van der Waals surface area contributed by atoms with E-state index in [9.17, 15) is 9.59 Å². The first-order valence-corrected chi connectivity index (χ1v) is 20.9. The zero-order valence-electron chi connectivity index (χ0n) is 33.0. The Balaban J connectivity index is 0.000000154. The lowest BCUT2D eigenvalue weighted by Gasteiger charge is -2.07. The highest BCUT2D eigenvalue weighted by atomic mass is 32.2. The van der Waals surface area contributed by atoms with Crippen molar-refractivity contribution in [2.75, 3.05) is 12.3 Å². The fourth-order valence-electron chi connectivity index (χ4n) is 8.32. The minimum Gasteiger partial charge on any atom is -0.379 e. The number of aryl methyl sites for hydroxylation is 3. The number of aromatic amines is 4. The number of thioether (sulfide) groups is 1. The van der Waals surface area contributed by atoms with Gasteiger partial charge in [-0.05, 0) is 50.6 Å². The highest BCUT2D eigenvalue weighted by Gasteiger charge is 2.22. The predicted molar refractivity (Wildman–Crippen MR) is 246 cm³/mol.